The van der Waals surface area contributed by atoms with Crippen LogP contribution in [0.25, 0.3) is 11.1 Å². The van der Waals surface area contributed by atoms with Crippen molar-refractivity contribution >= 4 is 11.6 Å². The maximum atomic E-state index is 12.8. The Morgan fingerprint density at radius 2 is 1.54 bits per heavy atom. The molecule has 3 rings (SSSR count). The second-order valence-electron chi connectivity index (χ2n) is 6.47. The quantitative estimate of drug-likeness (QED) is 0.738. The van der Waals surface area contributed by atoms with Crippen molar-refractivity contribution in [3.63, 3.8) is 0 Å². The van der Waals surface area contributed by atoms with Gasteiger partial charge in [0.2, 0.25) is 5.91 Å². The number of benzene rings is 2. The molecule has 4 nitrogen and oxygen atoms in total. The fourth-order valence-corrected chi connectivity index (χ4v) is 2.86. The number of nitrogens with one attached hydrogen (secondary N) is 1. The lowest BCUT2D eigenvalue weighted by atomic mass is 10.0. The van der Waals surface area contributed by atoms with Crippen molar-refractivity contribution in [2.24, 2.45) is 0 Å². The van der Waals surface area contributed by atoms with E-state index in [1.807, 2.05) is 85.7 Å². The van der Waals surface area contributed by atoms with E-state index in [9.17, 15) is 4.79 Å². The molecule has 0 unspecified atom stereocenters. The molecule has 26 heavy (non-hydrogen) atoms. The van der Waals surface area contributed by atoms with Gasteiger partial charge in [-0.3, -0.25) is 14.7 Å². The number of amides is 1. The zero-order valence-electron chi connectivity index (χ0n) is 15.1. The Balaban J connectivity index is 1.69. The molecule has 4 heteroatoms. The summed E-state index contributed by atoms with van der Waals surface area (Å²) in [6.07, 6.45) is 4.22. The molecule has 1 aromatic heterocycles. The summed E-state index contributed by atoms with van der Waals surface area (Å²) < 4.78 is 0. The molecule has 0 fully saturated rings. The number of pyridine rings is 1. The van der Waals surface area contributed by atoms with Gasteiger partial charge in [-0.25, -0.2) is 0 Å². The van der Waals surface area contributed by atoms with Gasteiger partial charge in [0.25, 0.3) is 0 Å². The van der Waals surface area contributed by atoms with Gasteiger partial charge < -0.3 is 5.32 Å². The molecular weight excluding hydrogens is 322 g/mol. The smallest absolute Gasteiger partial charge is 0.242 e. The minimum absolute atomic E-state index is 0.00415. The molecule has 1 amide bonds. The van der Waals surface area contributed by atoms with Crippen molar-refractivity contribution in [3.8, 4) is 11.1 Å². The molecule has 0 bridgehead atoms. The second kappa shape index (κ2) is 8.41. The maximum absolute atomic E-state index is 12.8. The third-order valence-corrected chi connectivity index (χ3v) is 4.36. The van der Waals surface area contributed by atoms with Crippen molar-refractivity contribution in [2.45, 2.75) is 12.5 Å². The number of anilines is 1. The summed E-state index contributed by atoms with van der Waals surface area (Å²) >= 11 is 0. The summed E-state index contributed by atoms with van der Waals surface area (Å²) in [5.74, 6) is -0.00415. The molecule has 2 aromatic carbocycles. The number of likely N-dealkylation sites (N-methyl/N-ethyl adjacent to an activating group) is 1. The van der Waals surface area contributed by atoms with Crippen molar-refractivity contribution in [3.05, 3.63) is 84.7 Å². The Morgan fingerprint density at radius 1 is 0.923 bits per heavy atom. The molecule has 1 heterocycles. The Kier molecular flexibility index (Phi) is 5.77. The number of rotatable bonds is 6. The molecule has 132 valence electrons. The van der Waals surface area contributed by atoms with E-state index < -0.39 is 0 Å². The molecule has 0 saturated heterocycles. The van der Waals surface area contributed by atoms with Crippen molar-refractivity contribution in [1.82, 2.24) is 9.88 Å². The number of hydrogen-bond acceptors (Lipinski definition) is 3. The van der Waals surface area contributed by atoms with Gasteiger partial charge in [0, 0.05) is 18.1 Å². The Hall–Kier alpha value is -2.98. The molecule has 1 N–H and O–H groups in total. The number of aromatic nitrogens is 1. The lowest BCUT2D eigenvalue weighted by molar-refractivity contribution is -0.120. The summed E-state index contributed by atoms with van der Waals surface area (Å²) in [4.78, 5) is 18.7. The highest BCUT2D eigenvalue weighted by molar-refractivity contribution is 5.95. The lowest BCUT2D eigenvalue weighted by Crippen LogP contribution is -2.41. The standard InChI is InChI=1S/C22H23N3O/c1-25(2)21(16-17-6-4-3-5-7-17)22(26)24-20-10-8-18(9-11-20)19-12-14-23-15-13-19/h3-15,21H,16H2,1-2H3,(H,24,26)/t21-/m1/s1. The van der Waals surface area contributed by atoms with Gasteiger partial charge in [0.05, 0.1) is 6.04 Å². The Bertz CT molecular complexity index is 830. The van der Waals surface area contributed by atoms with Crippen LogP contribution in [0.2, 0.25) is 0 Å². The van der Waals surface area contributed by atoms with Crippen LogP contribution in [0.4, 0.5) is 5.69 Å². The zero-order chi connectivity index (χ0) is 18.4. The fourth-order valence-electron chi connectivity index (χ4n) is 2.86. The van der Waals surface area contributed by atoms with Gasteiger partial charge in [-0.15, -0.1) is 0 Å². The summed E-state index contributed by atoms with van der Waals surface area (Å²) in [7, 11) is 3.86. The number of hydrogen-bond donors (Lipinski definition) is 1. The summed E-state index contributed by atoms with van der Waals surface area (Å²) in [6.45, 7) is 0. The van der Waals surface area contributed by atoms with Crippen LogP contribution in [0.5, 0.6) is 0 Å². The van der Waals surface area contributed by atoms with Crippen molar-refractivity contribution in [2.75, 3.05) is 19.4 Å². The number of carbonyl (C=O) groups is 1. The molecule has 3 aromatic rings. The van der Waals surface area contributed by atoms with Crippen LogP contribution in [0.15, 0.2) is 79.1 Å². The van der Waals surface area contributed by atoms with Crippen molar-refractivity contribution < 1.29 is 4.79 Å². The van der Waals surface area contributed by atoms with Gasteiger partial charge in [0.15, 0.2) is 0 Å². The van der Waals surface area contributed by atoms with Crippen LogP contribution in [-0.2, 0) is 11.2 Å². The summed E-state index contributed by atoms with van der Waals surface area (Å²) in [6, 6.07) is 21.7. The molecule has 0 saturated carbocycles. The zero-order valence-corrected chi connectivity index (χ0v) is 15.1. The van der Waals surface area contributed by atoms with E-state index >= 15 is 0 Å². The predicted molar refractivity (Wildman–Crippen MR) is 106 cm³/mol. The minimum atomic E-state index is -0.225. The summed E-state index contributed by atoms with van der Waals surface area (Å²) in [5.41, 5.74) is 4.15. The van der Waals surface area contributed by atoms with Gasteiger partial charge >= 0.3 is 0 Å². The van der Waals surface area contributed by atoms with E-state index in [-0.39, 0.29) is 11.9 Å². The first kappa shape index (κ1) is 17.8. The normalized spacial score (nSPS) is 12.0. The summed E-state index contributed by atoms with van der Waals surface area (Å²) in [5, 5.41) is 3.03. The van der Waals surface area contributed by atoms with Crippen molar-refractivity contribution in [1.29, 1.82) is 0 Å². The average Bonchev–Trinajstić information content (AvgIpc) is 2.68. The molecular formula is C22H23N3O. The van der Waals surface area contributed by atoms with E-state index in [1.54, 1.807) is 12.4 Å². The van der Waals surface area contributed by atoms with Crippen LogP contribution in [0, 0.1) is 0 Å². The molecule has 0 radical (unpaired) electrons. The first-order valence-electron chi connectivity index (χ1n) is 8.65. The van der Waals surface area contributed by atoms with Crippen LogP contribution in [0.3, 0.4) is 0 Å². The molecule has 0 spiro atoms. The predicted octanol–water partition coefficient (Wildman–Crippen LogP) is 3.86. The second-order valence-corrected chi connectivity index (χ2v) is 6.47. The Morgan fingerprint density at radius 3 is 2.15 bits per heavy atom. The van der Waals surface area contributed by atoms with Gasteiger partial charge in [0.1, 0.15) is 0 Å². The number of carbonyl (C=O) groups excluding carboxylic acids is 1. The molecule has 0 aliphatic carbocycles. The van der Waals surface area contributed by atoms with E-state index in [1.165, 1.54) is 0 Å². The first-order chi connectivity index (χ1) is 12.6. The van der Waals surface area contributed by atoms with Gasteiger partial charge in [-0.05, 0) is 61.5 Å². The van der Waals surface area contributed by atoms with Gasteiger partial charge in [-0.1, -0.05) is 42.5 Å². The first-order valence-corrected chi connectivity index (χ1v) is 8.65. The average molecular weight is 345 g/mol. The van der Waals surface area contributed by atoms with Crippen LogP contribution in [0.1, 0.15) is 5.56 Å². The van der Waals surface area contributed by atoms with Crippen LogP contribution < -0.4 is 5.32 Å². The Labute approximate surface area is 154 Å². The fraction of sp³-hybridized carbons (Fsp3) is 0.182. The SMILES string of the molecule is CN(C)[C@H](Cc1ccccc1)C(=O)Nc1ccc(-c2ccncc2)cc1. The third kappa shape index (κ3) is 4.55. The monoisotopic (exact) mass is 345 g/mol. The third-order valence-electron chi connectivity index (χ3n) is 4.36. The highest BCUT2D eigenvalue weighted by atomic mass is 16.2. The lowest BCUT2D eigenvalue weighted by Gasteiger charge is -2.23. The van der Waals surface area contributed by atoms with Crippen LogP contribution in [-0.4, -0.2) is 35.9 Å². The van der Waals surface area contributed by atoms with E-state index in [0.717, 1.165) is 22.4 Å². The topological polar surface area (TPSA) is 45.2 Å². The molecule has 0 aliphatic heterocycles. The van der Waals surface area contributed by atoms with E-state index in [0.29, 0.717) is 6.42 Å². The number of nitrogens with zero attached hydrogens (tertiary/aromatic N) is 2. The highest BCUT2D eigenvalue weighted by Crippen LogP contribution is 2.21. The largest absolute Gasteiger partial charge is 0.325 e. The minimum Gasteiger partial charge on any atom is -0.325 e. The van der Waals surface area contributed by atoms with Gasteiger partial charge in [-0.2, -0.15) is 0 Å². The van der Waals surface area contributed by atoms with Crippen LogP contribution >= 0.6 is 0 Å². The molecule has 0 aliphatic rings. The van der Waals surface area contributed by atoms with E-state index in [2.05, 4.69) is 10.3 Å². The van der Waals surface area contributed by atoms with E-state index in [4.69, 9.17) is 0 Å². The molecule has 1 atom stereocenters. The maximum Gasteiger partial charge on any atom is 0.242 e. The highest BCUT2D eigenvalue weighted by Gasteiger charge is 2.21.